The normalized spacial score (nSPS) is 0. The smallest absolute Gasteiger partial charge is 0.0149 e. The average Bonchev–Trinajstić information content (AvgIpc) is 0. The third kappa shape index (κ3) is 23.9. The molecule has 0 saturated carbocycles. The van der Waals surface area contributed by atoms with Crippen LogP contribution in [0.3, 0.4) is 0 Å². The quantitative estimate of drug-likeness (QED) is 0.423. The fraction of sp³-hybridized carbons (Fsp3) is 0. The third-order valence-corrected chi connectivity index (χ3v) is 0. The minimum atomic E-state index is 0. The Balaban J connectivity index is 0. The van der Waals surface area contributed by atoms with Gasteiger partial charge in [-0.25, -0.2) is 0 Å². The summed E-state index contributed by atoms with van der Waals surface area (Å²) >= 11 is 0. The first-order chi connectivity index (χ1) is 0. The van der Waals surface area contributed by atoms with Crippen LogP contribution in [0.15, 0.2) is 0 Å². The van der Waals surface area contributed by atoms with E-state index in [9.17, 15) is 0 Å². The van der Waals surface area contributed by atoms with Gasteiger partial charge in [-0.15, -0.1) is 0 Å². The van der Waals surface area contributed by atoms with Gasteiger partial charge in [0.25, 0.3) is 0 Å². The zero-order valence-electron chi connectivity index (χ0n) is 1.15. The summed E-state index contributed by atoms with van der Waals surface area (Å²) in [6.45, 7) is 0. The van der Waals surface area contributed by atoms with Gasteiger partial charge in [0, 0.05) is 55.2 Å². The monoisotopic (exact) mass is 341 g/mol. The molecule has 0 aliphatic rings. The second-order valence-electron chi connectivity index (χ2n) is 0. The summed E-state index contributed by atoms with van der Waals surface area (Å²) in [6.07, 6.45) is 0. The SMILES string of the molecule is B.[Co].[Cr].[SiH4].[W]. The Morgan fingerprint density at radius 1 is 1.00 bits per heavy atom. The molecule has 0 aromatic heterocycles. The van der Waals surface area contributed by atoms with Gasteiger partial charge in [-0.05, 0) is 11.0 Å². The van der Waals surface area contributed by atoms with Gasteiger partial charge in [0.05, 0.1) is 8.41 Å². The molecule has 0 nitrogen and oxygen atoms in total. The predicted octanol–water partition coefficient (Wildman–Crippen LogP) is -2.64. The molecule has 0 atom stereocenters. The Hall–Kier alpha value is 2.01. The first-order valence-electron chi connectivity index (χ1n) is 0. The molecule has 0 saturated heterocycles. The molecule has 35 valence electrons. The molecular weight excluding hydrogens is 334 g/mol. The Morgan fingerprint density at radius 2 is 1.00 bits per heavy atom. The molecule has 0 rings (SSSR count). The van der Waals surface area contributed by atoms with Crippen molar-refractivity contribution in [3.8, 4) is 0 Å². The van der Waals surface area contributed by atoms with Gasteiger partial charge in [-0.2, -0.15) is 0 Å². The van der Waals surface area contributed by atoms with E-state index in [1.807, 2.05) is 0 Å². The van der Waals surface area contributed by atoms with Gasteiger partial charge >= 0.3 is 0 Å². The first-order valence-corrected chi connectivity index (χ1v) is 0. The van der Waals surface area contributed by atoms with Crippen LogP contribution in [-0.4, -0.2) is 19.4 Å². The van der Waals surface area contributed by atoms with E-state index in [1.165, 1.54) is 0 Å². The van der Waals surface area contributed by atoms with Crippen molar-refractivity contribution in [2.24, 2.45) is 0 Å². The van der Waals surface area contributed by atoms with E-state index in [0.29, 0.717) is 0 Å². The largest absolute Gasteiger partial charge is 0.0814 e. The van der Waals surface area contributed by atoms with Crippen molar-refractivity contribution < 1.29 is 55.2 Å². The second kappa shape index (κ2) is 37.4. The van der Waals surface area contributed by atoms with Crippen LogP contribution in [0, 0.1) is 0 Å². The van der Waals surface area contributed by atoms with Crippen LogP contribution < -0.4 is 0 Å². The molecule has 1 radical (unpaired) electrons. The summed E-state index contributed by atoms with van der Waals surface area (Å²) in [5.41, 5.74) is 0. The van der Waals surface area contributed by atoms with Crippen LogP contribution >= 0.6 is 0 Å². The summed E-state index contributed by atoms with van der Waals surface area (Å²) in [5.74, 6) is 0. The standard InChI is InChI=1S/BH3.Co.Cr.H4Si.W/h1H3;;;1H4;. The summed E-state index contributed by atoms with van der Waals surface area (Å²) < 4.78 is 0. The minimum Gasteiger partial charge on any atom is -0.0149 e. The third-order valence-electron chi connectivity index (χ3n) is 0. The number of hydrogen-bond acceptors (Lipinski definition) is 0. The van der Waals surface area contributed by atoms with Crippen molar-refractivity contribution >= 4 is 19.4 Å². The molecule has 0 amide bonds. The molecule has 5 heavy (non-hydrogen) atoms. The Labute approximate surface area is 74.0 Å². The van der Waals surface area contributed by atoms with Crippen LogP contribution in [0.5, 0.6) is 0 Å². The molecule has 0 heterocycles. The minimum absolute atomic E-state index is 0. The number of rotatable bonds is 0. The van der Waals surface area contributed by atoms with Crippen LogP contribution in [0.25, 0.3) is 0 Å². The summed E-state index contributed by atoms with van der Waals surface area (Å²) in [4.78, 5) is 0. The van der Waals surface area contributed by atoms with Crippen LogP contribution in [0.1, 0.15) is 0 Å². The summed E-state index contributed by atoms with van der Waals surface area (Å²) in [6, 6.07) is 0. The zero-order chi connectivity index (χ0) is 0. The van der Waals surface area contributed by atoms with Gasteiger partial charge in [-0.3, -0.25) is 0 Å². The van der Waals surface area contributed by atoms with E-state index in [1.54, 1.807) is 0 Å². The molecule has 0 bridgehead atoms. The molecule has 5 heteroatoms. The van der Waals surface area contributed by atoms with Crippen LogP contribution in [-0.2, 0) is 55.2 Å². The van der Waals surface area contributed by atoms with Gasteiger partial charge in [-0.1, -0.05) is 0 Å². The maximum Gasteiger partial charge on any atom is 0.0814 e. The Bertz CT molecular complexity index is 11.6. The van der Waals surface area contributed by atoms with E-state index in [2.05, 4.69) is 0 Å². The predicted molar refractivity (Wildman–Crippen MR) is 21.3 cm³/mol. The van der Waals surface area contributed by atoms with Gasteiger partial charge in [0.15, 0.2) is 0 Å². The van der Waals surface area contributed by atoms with Crippen molar-refractivity contribution in [1.82, 2.24) is 0 Å². The fourth-order valence-electron chi connectivity index (χ4n) is 0. The van der Waals surface area contributed by atoms with Gasteiger partial charge < -0.3 is 0 Å². The fourth-order valence-corrected chi connectivity index (χ4v) is 0. The molecular formula is H7BCoCrSiW. The molecule has 0 aromatic carbocycles. The Kier molecular flexibility index (Phi) is 468. The molecule has 0 aliphatic heterocycles. The topological polar surface area (TPSA) is 0 Å². The van der Waals surface area contributed by atoms with Crippen molar-refractivity contribution in [3.63, 3.8) is 0 Å². The average molecular weight is 341 g/mol. The number of hydrogen-bond donors (Lipinski definition) is 0. The van der Waals surface area contributed by atoms with Crippen molar-refractivity contribution in [3.05, 3.63) is 0 Å². The Morgan fingerprint density at radius 3 is 1.00 bits per heavy atom. The first kappa shape index (κ1) is 62.7. The van der Waals surface area contributed by atoms with E-state index < -0.39 is 0 Å². The molecule has 0 N–H and O–H groups in total. The van der Waals surface area contributed by atoms with Gasteiger partial charge in [0.2, 0.25) is 0 Å². The van der Waals surface area contributed by atoms with Crippen LogP contribution in [0.2, 0.25) is 0 Å². The van der Waals surface area contributed by atoms with Crippen molar-refractivity contribution in [2.45, 2.75) is 0 Å². The second-order valence-corrected chi connectivity index (χ2v) is 0. The molecule has 0 fully saturated rings. The van der Waals surface area contributed by atoms with Gasteiger partial charge in [0.1, 0.15) is 0 Å². The van der Waals surface area contributed by atoms with Crippen molar-refractivity contribution in [2.75, 3.05) is 0 Å². The van der Waals surface area contributed by atoms with Crippen LogP contribution in [0.4, 0.5) is 0 Å². The molecule has 0 unspecified atom stereocenters. The van der Waals surface area contributed by atoms with E-state index in [0.717, 1.165) is 0 Å². The van der Waals surface area contributed by atoms with Crippen molar-refractivity contribution in [1.29, 1.82) is 0 Å². The van der Waals surface area contributed by atoms with E-state index in [-0.39, 0.29) is 74.6 Å². The summed E-state index contributed by atoms with van der Waals surface area (Å²) in [5, 5.41) is 0. The zero-order valence-corrected chi connectivity index (χ0v) is 6.40. The van der Waals surface area contributed by atoms with E-state index >= 15 is 0 Å². The molecule has 0 spiro atoms. The maximum absolute atomic E-state index is 0. The molecule has 0 aliphatic carbocycles. The molecule has 0 aromatic rings. The maximum atomic E-state index is 0. The summed E-state index contributed by atoms with van der Waals surface area (Å²) in [7, 11) is 0. The van der Waals surface area contributed by atoms with E-state index in [4.69, 9.17) is 0 Å².